The van der Waals surface area contributed by atoms with Gasteiger partial charge in [-0.05, 0) is 48.6 Å². The van der Waals surface area contributed by atoms with Gasteiger partial charge in [-0.25, -0.2) is 0 Å². The normalized spacial score (nSPS) is 10.6. The molecule has 0 saturated heterocycles. The highest BCUT2D eigenvalue weighted by atomic mass is 32.2. The Labute approximate surface area is 118 Å². The van der Waals surface area contributed by atoms with E-state index in [9.17, 15) is 0 Å². The van der Waals surface area contributed by atoms with Crippen molar-refractivity contribution < 1.29 is 4.42 Å². The Kier molecular flexibility index (Phi) is 5.27. The van der Waals surface area contributed by atoms with Crippen LogP contribution in [-0.4, -0.2) is 28.2 Å². The van der Waals surface area contributed by atoms with E-state index in [1.165, 1.54) is 35.6 Å². The highest BCUT2D eigenvalue weighted by Gasteiger charge is 2.05. The third kappa shape index (κ3) is 3.99. The van der Waals surface area contributed by atoms with Crippen LogP contribution in [0, 0.1) is 6.92 Å². The largest absolute Gasteiger partial charge is 0.423 e. The van der Waals surface area contributed by atoms with Gasteiger partial charge in [0.25, 0.3) is 0 Å². The first-order valence-corrected chi connectivity index (χ1v) is 7.65. The number of thioether (sulfide) groups is 1. The van der Waals surface area contributed by atoms with Gasteiger partial charge < -0.3 is 9.73 Å². The van der Waals surface area contributed by atoms with Crippen molar-refractivity contribution in [3.8, 4) is 11.5 Å². The van der Waals surface area contributed by atoms with Gasteiger partial charge in [0, 0.05) is 17.8 Å². The molecule has 1 N–H and O–H groups in total. The Hall–Kier alpha value is -1.49. The molecule has 0 unspecified atom stereocenters. The summed E-state index contributed by atoms with van der Waals surface area (Å²) in [6.07, 6.45) is 2.53. The lowest BCUT2D eigenvalue weighted by molar-refractivity contribution is 0.568. The Morgan fingerprint density at radius 2 is 2.26 bits per heavy atom. The molecule has 1 aromatic heterocycles. The molecule has 1 aromatic carbocycles. The van der Waals surface area contributed by atoms with Crippen molar-refractivity contribution in [2.24, 2.45) is 0 Å². The molecule has 0 bridgehead atoms. The number of hydrogen-bond acceptors (Lipinski definition) is 5. The molecule has 0 aliphatic heterocycles. The predicted octanol–water partition coefficient (Wildman–Crippen LogP) is 3.60. The van der Waals surface area contributed by atoms with E-state index in [4.69, 9.17) is 4.42 Å². The maximum Gasteiger partial charge on any atom is 0.247 e. The molecular formula is C14H19N3OS. The maximum absolute atomic E-state index is 5.19. The molecule has 5 heteroatoms. The summed E-state index contributed by atoms with van der Waals surface area (Å²) < 4.78 is 5.19. The van der Waals surface area contributed by atoms with Gasteiger partial charge in [-0.1, -0.05) is 6.92 Å². The number of nitrogens with zero attached hydrogens (tertiary/aromatic N) is 2. The van der Waals surface area contributed by atoms with Gasteiger partial charge in [-0.2, -0.15) is 11.8 Å². The lowest BCUT2D eigenvalue weighted by Crippen LogP contribution is -2.04. The highest BCUT2D eigenvalue weighted by Crippen LogP contribution is 2.23. The summed E-state index contributed by atoms with van der Waals surface area (Å²) in [5.74, 6) is 2.97. The first kappa shape index (κ1) is 13.9. The van der Waals surface area contributed by atoms with E-state index < -0.39 is 0 Å². The van der Waals surface area contributed by atoms with Crippen LogP contribution in [0.2, 0.25) is 0 Å². The van der Waals surface area contributed by atoms with Crippen LogP contribution in [0.15, 0.2) is 29.0 Å². The Bertz CT molecular complexity index is 499. The Balaban J connectivity index is 1.92. The monoisotopic (exact) mass is 277 g/mol. The summed E-state index contributed by atoms with van der Waals surface area (Å²) in [5, 5.41) is 11.1. The minimum atomic E-state index is 0.564. The fourth-order valence-corrected chi connectivity index (χ4v) is 2.47. The number of rotatable bonds is 7. The van der Waals surface area contributed by atoms with Crippen molar-refractivity contribution in [2.45, 2.75) is 20.3 Å². The summed E-state index contributed by atoms with van der Waals surface area (Å²) in [4.78, 5) is 0. The molecule has 0 aliphatic carbocycles. The van der Waals surface area contributed by atoms with Crippen LogP contribution < -0.4 is 5.32 Å². The van der Waals surface area contributed by atoms with Gasteiger partial charge in [0.05, 0.1) is 0 Å². The average Bonchev–Trinajstić information content (AvgIpc) is 2.94. The summed E-state index contributed by atoms with van der Waals surface area (Å²) in [6.45, 7) is 5.29. The third-order valence-electron chi connectivity index (χ3n) is 2.82. The maximum atomic E-state index is 5.19. The van der Waals surface area contributed by atoms with E-state index in [-0.39, 0.29) is 0 Å². The predicted molar refractivity (Wildman–Crippen MR) is 80.6 cm³/mol. The second kappa shape index (κ2) is 7.19. The molecule has 0 fully saturated rings. The lowest BCUT2D eigenvalue weighted by Gasteiger charge is -2.10. The summed E-state index contributed by atoms with van der Waals surface area (Å²) >= 11 is 1.98. The molecule has 0 amide bonds. The van der Waals surface area contributed by atoms with Crippen molar-refractivity contribution >= 4 is 17.4 Å². The van der Waals surface area contributed by atoms with Crippen LogP contribution in [0.4, 0.5) is 5.69 Å². The van der Waals surface area contributed by atoms with Crippen molar-refractivity contribution in [1.82, 2.24) is 10.2 Å². The van der Waals surface area contributed by atoms with Gasteiger partial charge in [0.1, 0.15) is 0 Å². The third-order valence-corrected chi connectivity index (χ3v) is 3.80. The quantitative estimate of drug-likeness (QED) is 0.784. The average molecular weight is 277 g/mol. The zero-order valence-corrected chi connectivity index (χ0v) is 12.2. The van der Waals surface area contributed by atoms with Gasteiger partial charge in [-0.15, -0.1) is 10.2 Å². The van der Waals surface area contributed by atoms with Gasteiger partial charge >= 0.3 is 0 Å². The Morgan fingerprint density at radius 1 is 1.37 bits per heavy atom. The van der Waals surface area contributed by atoms with Crippen LogP contribution >= 0.6 is 11.8 Å². The van der Waals surface area contributed by atoms with Crippen LogP contribution in [0.3, 0.4) is 0 Å². The standard InChI is InChI=1S/C14H19N3OS/c1-3-19-8-4-7-15-13-6-5-12(9-11(13)2)14-17-16-10-18-14/h5-6,9-10,15H,3-4,7-8H2,1-2H3. The fourth-order valence-electron chi connectivity index (χ4n) is 1.84. The molecule has 1 heterocycles. The number of aromatic nitrogens is 2. The van der Waals surface area contributed by atoms with Crippen molar-refractivity contribution in [3.63, 3.8) is 0 Å². The molecule has 0 radical (unpaired) electrons. The molecule has 2 rings (SSSR count). The zero-order valence-electron chi connectivity index (χ0n) is 11.3. The number of anilines is 1. The molecule has 102 valence electrons. The topological polar surface area (TPSA) is 51.0 Å². The van der Waals surface area contributed by atoms with E-state index >= 15 is 0 Å². The van der Waals surface area contributed by atoms with E-state index in [1.807, 2.05) is 17.8 Å². The van der Waals surface area contributed by atoms with Crippen LogP contribution in [0.5, 0.6) is 0 Å². The van der Waals surface area contributed by atoms with Crippen molar-refractivity contribution in [1.29, 1.82) is 0 Å². The van der Waals surface area contributed by atoms with Gasteiger partial charge in [-0.3, -0.25) is 0 Å². The molecule has 4 nitrogen and oxygen atoms in total. The molecule has 0 saturated carbocycles. The second-order valence-electron chi connectivity index (χ2n) is 4.25. The minimum absolute atomic E-state index is 0.564. The summed E-state index contributed by atoms with van der Waals surface area (Å²) in [6, 6.07) is 6.14. The van der Waals surface area contributed by atoms with Crippen molar-refractivity contribution in [3.05, 3.63) is 30.2 Å². The van der Waals surface area contributed by atoms with E-state index in [1.54, 1.807) is 0 Å². The van der Waals surface area contributed by atoms with Crippen LogP contribution in [0.25, 0.3) is 11.5 Å². The zero-order chi connectivity index (χ0) is 13.5. The van der Waals surface area contributed by atoms with Crippen molar-refractivity contribution in [2.75, 3.05) is 23.4 Å². The SMILES string of the molecule is CCSCCCNc1ccc(-c2nnco2)cc1C. The van der Waals surface area contributed by atoms with Gasteiger partial charge in [0.2, 0.25) is 12.3 Å². The first-order valence-electron chi connectivity index (χ1n) is 6.50. The molecule has 0 spiro atoms. The lowest BCUT2D eigenvalue weighted by atomic mass is 10.1. The summed E-state index contributed by atoms with van der Waals surface area (Å²) in [5.41, 5.74) is 3.32. The first-order chi connectivity index (χ1) is 9.31. The number of hydrogen-bond donors (Lipinski definition) is 1. The number of nitrogens with one attached hydrogen (secondary N) is 1. The Morgan fingerprint density at radius 3 is 2.95 bits per heavy atom. The van der Waals surface area contributed by atoms with E-state index in [0.717, 1.165) is 12.1 Å². The van der Waals surface area contributed by atoms with Crippen LogP contribution in [-0.2, 0) is 0 Å². The minimum Gasteiger partial charge on any atom is -0.423 e. The fraction of sp³-hybridized carbons (Fsp3) is 0.429. The highest BCUT2D eigenvalue weighted by molar-refractivity contribution is 7.99. The number of benzene rings is 1. The summed E-state index contributed by atoms with van der Waals surface area (Å²) in [7, 11) is 0. The second-order valence-corrected chi connectivity index (χ2v) is 5.64. The smallest absolute Gasteiger partial charge is 0.247 e. The molecule has 2 aromatic rings. The molecule has 19 heavy (non-hydrogen) atoms. The molecule has 0 aliphatic rings. The molecule has 0 atom stereocenters. The number of aryl methyl sites for hydroxylation is 1. The van der Waals surface area contributed by atoms with E-state index in [0.29, 0.717) is 5.89 Å². The van der Waals surface area contributed by atoms with Gasteiger partial charge in [0.15, 0.2) is 0 Å². The van der Waals surface area contributed by atoms with Crippen LogP contribution in [0.1, 0.15) is 18.9 Å². The van der Waals surface area contributed by atoms with E-state index in [2.05, 4.69) is 41.5 Å². The molecular weight excluding hydrogens is 258 g/mol.